The molecule has 1 heterocycles. The van der Waals surface area contributed by atoms with Gasteiger partial charge < -0.3 is 5.11 Å². The summed E-state index contributed by atoms with van der Waals surface area (Å²) in [6.07, 6.45) is -0.124. The van der Waals surface area contributed by atoms with Crippen molar-refractivity contribution < 1.29 is 18.3 Å². The molecular weight excluding hydrogens is 254 g/mol. The molecule has 0 unspecified atom stereocenters. The lowest BCUT2D eigenvalue weighted by Crippen LogP contribution is -2.29. The van der Waals surface area contributed by atoms with Gasteiger partial charge in [-0.05, 0) is 25.5 Å². The van der Waals surface area contributed by atoms with Crippen LogP contribution in [0.5, 0.6) is 0 Å². The maximum atomic E-state index is 12.2. The smallest absolute Gasteiger partial charge is 0.243 e. The van der Waals surface area contributed by atoms with Gasteiger partial charge in [-0.1, -0.05) is 12.1 Å². The van der Waals surface area contributed by atoms with Crippen LogP contribution in [0.2, 0.25) is 0 Å². The number of ketones is 1. The molecular formula is C12H15NO4S. The lowest BCUT2D eigenvalue weighted by Gasteiger charge is -2.15. The Balaban J connectivity index is 2.27. The van der Waals surface area contributed by atoms with Crippen LogP contribution in [0.3, 0.4) is 0 Å². The zero-order valence-electron chi connectivity index (χ0n) is 10.0. The minimum Gasteiger partial charge on any atom is -0.392 e. The van der Waals surface area contributed by atoms with Gasteiger partial charge >= 0.3 is 0 Å². The molecule has 1 fully saturated rings. The standard InChI is InChI=1S/C12H15NO4S/c1-9(14)10-2-4-12(5-3-10)18(16,17)13-7-6-11(15)8-13/h2-5,11,15H,6-8H2,1H3/t11-/m0/s1. The summed E-state index contributed by atoms with van der Waals surface area (Å²) in [5.74, 6) is -0.101. The summed E-state index contributed by atoms with van der Waals surface area (Å²) in [5.41, 5.74) is 0.482. The van der Waals surface area contributed by atoms with E-state index in [1.54, 1.807) is 0 Å². The number of rotatable bonds is 3. The number of Topliss-reactive ketones (excluding diaryl/α,β-unsaturated/α-hetero) is 1. The first-order valence-corrected chi connectivity index (χ1v) is 7.14. The van der Waals surface area contributed by atoms with Crippen molar-refractivity contribution in [2.45, 2.75) is 24.3 Å². The number of benzene rings is 1. The fraction of sp³-hybridized carbons (Fsp3) is 0.417. The fourth-order valence-electron chi connectivity index (χ4n) is 1.94. The number of β-amino-alcohol motifs (C(OH)–C–C–N with tert-alkyl or cyclic N) is 1. The van der Waals surface area contributed by atoms with Crippen molar-refractivity contribution in [3.05, 3.63) is 29.8 Å². The molecule has 1 aliphatic heterocycles. The number of hydrogen-bond donors (Lipinski definition) is 1. The predicted molar refractivity (Wildman–Crippen MR) is 65.8 cm³/mol. The zero-order chi connectivity index (χ0) is 13.3. The number of aliphatic hydroxyl groups is 1. The molecule has 1 atom stereocenters. The second-order valence-electron chi connectivity index (χ2n) is 4.39. The number of carbonyl (C=O) groups is 1. The van der Waals surface area contributed by atoms with Gasteiger partial charge in [0.1, 0.15) is 0 Å². The van der Waals surface area contributed by atoms with Crippen LogP contribution in [0.1, 0.15) is 23.7 Å². The maximum absolute atomic E-state index is 12.2. The predicted octanol–water partition coefficient (Wildman–Crippen LogP) is 0.645. The molecule has 0 aliphatic carbocycles. The summed E-state index contributed by atoms with van der Waals surface area (Å²) in [4.78, 5) is 11.3. The van der Waals surface area contributed by atoms with E-state index in [-0.39, 0.29) is 17.2 Å². The fourth-order valence-corrected chi connectivity index (χ4v) is 3.43. The lowest BCUT2D eigenvalue weighted by atomic mass is 10.2. The van der Waals surface area contributed by atoms with Crippen LogP contribution in [0.25, 0.3) is 0 Å². The van der Waals surface area contributed by atoms with Gasteiger partial charge in [0.25, 0.3) is 0 Å². The van der Waals surface area contributed by atoms with Crippen LogP contribution in [-0.4, -0.2) is 42.8 Å². The molecule has 5 nitrogen and oxygen atoms in total. The van der Waals surface area contributed by atoms with Gasteiger partial charge in [-0.2, -0.15) is 4.31 Å². The summed E-state index contributed by atoms with van der Waals surface area (Å²) in [6, 6.07) is 5.86. The summed E-state index contributed by atoms with van der Waals surface area (Å²) < 4.78 is 25.6. The highest BCUT2D eigenvalue weighted by molar-refractivity contribution is 7.89. The van der Waals surface area contributed by atoms with Crippen LogP contribution in [-0.2, 0) is 10.0 Å². The summed E-state index contributed by atoms with van der Waals surface area (Å²) in [7, 11) is -3.55. The Labute approximate surface area is 106 Å². The molecule has 98 valence electrons. The largest absolute Gasteiger partial charge is 0.392 e. The van der Waals surface area contributed by atoms with Crippen molar-refractivity contribution in [3.63, 3.8) is 0 Å². The first-order chi connectivity index (χ1) is 8.41. The van der Waals surface area contributed by atoms with E-state index in [0.717, 1.165) is 0 Å². The van der Waals surface area contributed by atoms with Gasteiger partial charge in [-0.15, -0.1) is 0 Å². The normalized spacial score (nSPS) is 21.1. The van der Waals surface area contributed by atoms with Gasteiger partial charge in [0, 0.05) is 18.7 Å². The molecule has 0 amide bonds. The van der Waals surface area contributed by atoms with Crippen LogP contribution >= 0.6 is 0 Å². The van der Waals surface area contributed by atoms with Gasteiger partial charge in [-0.3, -0.25) is 4.79 Å². The number of nitrogens with zero attached hydrogens (tertiary/aromatic N) is 1. The molecule has 0 aromatic heterocycles. The van der Waals surface area contributed by atoms with E-state index in [0.29, 0.717) is 18.5 Å². The Morgan fingerprint density at radius 2 is 1.94 bits per heavy atom. The molecule has 0 bridgehead atoms. The van der Waals surface area contributed by atoms with E-state index in [1.165, 1.54) is 35.5 Å². The van der Waals surface area contributed by atoms with Crippen LogP contribution in [0.4, 0.5) is 0 Å². The molecule has 1 aliphatic rings. The maximum Gasteiger partial charge on any atom is 0.243 e. The summed E-state index contributed by atoms with van der Waals surface area (Å²) in [6.45, 7) is 1.90. The highest BCUT2D eigenvalue weighted by Crippen LogP contribution is 2.21. The molecule has 2 rings (SSSR count). The monoisotopic (exact) mass is 269 g/mol. The highest BCUT2D eigenvalue weighted by Gasteiger charge is 2.31. The van der Waals surface area contributed by atoms with Gasteiger partial charge in [0.2, 0.25) is 10.0 Å². The Kier molecular flexibility index (Phi) is 3.52. The topological polar surface area (TPSA) is 74.7 Å². The van der Waals surface area contributed by atoms with E-state index < -0.39 is 16.1 Å². The Morgan fingerprint density at radius 3 is 2.39 bits per heavy atom. The minimum absolute atomic E-state index is 0.101. The quantitative estimate of drug-likeness (QED) is 0.817. The molecule has 1 saturated heterocycles. The molecule has 1 aromatic carbocycles. The molecule has 0 saturated carbocycles. The minimum atomic E-state index is -3.55. The lowest BCUT2D eigenvalue weighted by molar-refractivity contribution is 0.101. The summed E-state index contributed by atoms with van der Waals surface area (Å²) in [5, 5.41) is 9.38. The molecule has 0 spiro atoms. The highest BCUT2D eigenvalue weighted by atomic mass is 32.2. The number of hydrogen-bond acceptors (Lipinski definition) is 4. The van der Waals surface area contributed by atoms with Gasteiger partial charge in [0.15, 0.2) is 5.78 Å². The Hall–Kier alpha value is -1.24. The molecule has 18 heavy (non-hydrogen) atoms. The number of carbonyl (C=O) groups excluding carboxylic acids is 1. The molecule has 0 radical (unpaired) electrons. The third kappa shape index (κ3) is 2.45. The third-order valence-electron chi connectivity index (χ3n) is 3.02. The first-order valence-electron chi connectivity index (χ1n) is 5.70. The van der Waals surface area contributed by atoms with Gasteiger partial charge in [0.05, 0.1) is 11.0 Å². The molecule has 6 heteroatoms. The average Bonchev–Trinajstić information content (AvgIpc) is 2.76. The third-order valence-corrected chi connectivity index (χ3v) is 4.90. The van der Waals surface area contributed by atoms with Crippen LogP contribution in [0, 0.1) is 0 Å². The van der Waals surface area contributed by atoms with Crippen molar-refractivity contribution in [2.75, 3.05) is 13.1 Å². The van der Waals surface area contributed by atoms with E-state index in [1.807, 2.05) is 0 Å². The number of aliphatic hydroxyl groups excluding tert-OH is 1. The zero-order valence-corrected chi connectivity index (χ0v) is 10.9. The Bertz CT molecular complexity index is 550. The van der Waals surface area contributed by atoms with Gasteiger partial charge in [-0.25, -0.2) is 8.42 Å². The van der Waals surface area contributed by atoms with Crippen molar-refractivity contribution in [3.8, 4) is 0 Å². The van der Waals surface area contributed by atoms with Crippen molar-refractivity contribution in [1.82, 2.24) is 4.31 Å². The Morgan fingerprint density at radius 1 is 1.33 bits per heavy atom. The van der Waals surface area contributed by atoms with E-state index >= 15 is 0 Å². The molecule has 1 aromatic rings. The van der Waals surface area contributed by atoms with Crippen molar-refractivity contribution in [1.29, 1.82) is 0 Å². The second kappa shape index (κ2) is 4.79. The van der Waals surface area contributed by atoms with E-state index in [9.17, 15) is 18.3 Å². The average molecular weight is 269 g/mol. The van der Waals surface area contributed by atoms with Crippen LogP contribution < -0.4 is 0 Å². The first kappa shape index (κ1) is 13.2. The SMILES string of the molecule is CC(=O)c1ccc(S(=O)(=O)N2CC[C@H](O)C2)cc1. The number of sulfonamides is 1. The summed E-state index contributed by atoms with van der Waals surface area (Å²) >= 11 is 0. The van der Waals surface area contributed by atoms with Crippen LogP contribution in [0.15, 0.2) is 29.2 Å². The van der Waals surface area contributed by atoms with E-state index in [4.69, 9.17) is 0 Å². The van der Waals surface area contributed by atoms with Crippen molar-refractivity contribution >= 4 is 15.8 Å². The van der Waals surface area contributed by atoms with Crippen molar-refractivity contribution in [2.24, 2.45) is 0 Å². The van der Waals surface area contributed by atoms with E-state index in [2.05, 4.69) is 0 Å². The second-order valence-corrected chi connectivity index (χ2v) is 6.32. The molecule has 1 N–H and O–H groups in total.